The largest absolute Gasteiger partial charge is 0.361 e. The van der Waals surface area contributed by atoms with Crippen LogP contribution in [0.25, 0.3) is 0 Å². The summed E-state index contributed by atoms with van der Waals surface area (Å²) in [5.41, 5.74) is 3.63. The van der Waals surface area contributed by atoms with E-state index in [1.807, 2.05) is 0 Å². The van der Waals surface area contributed by atoms with Crippen LogP contribution in [0.2, 0.25) is 0 Å². The number of likely N-dealkylation sites (tertiary alicyclic amines) is 1. The van der Waals surface area contributed by atoms with Crippen LogP contribution in [0.5, 0.6) is 0 Å². The van der Waals surface area contributed by atoms with Crippen LogP contribution in [0.3, 0.4) is 0 Å². The second-order valence-corrected chi connectivity index (χ2v) is 8.05. The van der Waals surface area contributed by atoms with Gasteiger partial charge >= 0.3 is 0 Å². The minimum Gasteiger partial charge on any atom is -0.361 e. The highest BCUT2D eigenvalue weighted by molar-refractivity contribution is 5.43. The highest BCUT2D eigenvalue weighted by Crippen LogP contribution is 2.35. The fourth-order valence-electron chi connectivity index (χ4n) is 4.59. The first-order valence-corrected chi connectivity index (χ1v) is 10.0. The van der Waals surface area contributed by atoms with Crippen LogP contribution in [0.15, 0.2) is 16.9 Å². The van der Waals surface area contributed by atoms with E-state index in [0.717, 1.165) is 49.7 Å². The second kappa shape index (κ2) is 6.65. The molecule has 1 aliphatic heterocycles. The minimum absolute atomic E-state index is 0.594. The maximum absolute atomic E-state index is 5.52. The van der Waals surface area contributed by atoms with Crippen molar-refractivity contribution in [2.45, 2.75) is 70.5 Å². The third-order valence-electron chi connectivity index (χ3n) is 6.10. The van der Waals surface area contributed by atoms with E-state index < -0.39 is 0 Å². The molecule has 1 saturated carbocycles. The van der Waals surface area contributed by atoms with Gasteiger partial charge in [0.2, 0.25) is 0 Å². The van der Waals surface area contributed by atoms with Crippen LogP contribution in [-0.2, 0) is 19.4 Å². The SMILES string of the molecule is Cc1cc(N(C2CC2)C2CCN(Cc3noc4c3CCC4)CC2)ncn1. The molecule has 0 amide bonds. The van der Waals surface area contributed by atoms with Crippen molar-refractivity contribution >= 4 is 5.82 Å². The molecule has 2 aliphatic carbocycles. The molecule has 2 aromatic rings. The van der Waals surface area contributed by atoms with E-state index in [1.54, 1.807) is 6.33 Å². The molecule has 2 aromatic heterocycles. The number of piperidine rings is 1. The summed E-state index contributed by atoms with van der Waals surface area (Å²) in [4.78, 5) is 14.0. The van der Waals surface area contributed by atoms with Gasteiger partial charge in [0, 0.05) is 55.5 Å². The summed E-state index contributed by atoms with van der Waals surface area (Å²) in [5, 5.41) is 4.34. The molecule has 1 saturated heterocycles. The zero-order valence-corrected chi connectivity index (χ0v) is 15.5. The molecule has 3 aliphatic rings. The number of hydrogen-bond donors (Lipinski definition) is 0. The molecule has 138 valence electrons. The van der Waals surface area contributed by atoms with Gasteiger partial charge in [-0.2, -0.15) is 0 Å². The van der Waals surface area contributed by atoms with Crippen LogP contribution >= 0.6 is 0 Å². The number of fused-ring (bicyclic) bond motifs is 1. The van der Waals surface area contributed by atoms with E-state index in [2.05, 4.69) is 37.9 Å². The Morgan fingerprint density at radius 3 is 2.69 bits per heavy atom. The van der Waals surface area contributed by atoms with E-state index in [-0.39, 0.29) is 0 Å². The Kier molecular flexibility index (Phi) is 4.15. The van der Waals surface area contributed by atoms with E-state index in [4.69, 9.17) is 4.52 Å². The molecule has 6 heteroatoms. The van der Waals surface area contributed by atoms with Gasteiger partial charge in [-0.3, -0.25) is 4.90 Å². The molecule has 0 N–H and O–H groups in total. The number of aromatic nitrogens is 3. The molecule has 0 radical (unpaired) electrons. The van der Waals surface area contributed by atoms with Gasteiger partial charge in [0.15, 0.2) is 0 Å². The van der Waals surface area contributed by atoms with Gasteiger partial charge in [-0.1, -0.05) is 5.16 Å². The average Bonchev–Trinajstić information content (AvgIpc) is 3.23. The van der Waals surface area contributed by atoms with Crippen molar-refractivity contribution in [3.05, 3.63) is 35.1 Å². The fraction of sp³-hybridized carbons (Fsp3) is 0.650. The lowest BCUT2D eigenvalue weighted by Crippen LogP contribution is -2.46. The Bertz CT molecular complexity index is 776. The smallest absolute Gasteiger partial charge is 0.140 e. The highest BCUT2D eigenvalue weighted by atomic mass is 16.5. The molecule has 6 nitrogen and oxygen atoms in total. The minimum atomic E-state index is 0.594. The Labute approximate surface area is 154 Å². The van der Waals surface area contributed by atoms with Gasteiger partial charge in [-0.25, -0.2) is 9.97 Å². The van der Waals surface area contributed by atoms with Crippen molar-refractivity contribution in [3.8, 4) is 0 Å². The number of aryl methyl sites for hydroxylation is 2. The van der Waals surface area contributed by atoms with Crippen LogP contribution in [0.4, 0.5) is 5.82 Å². The number of anilines is 1. The maximum atomic E-state index is 5.52. The molecule has 0 atom stereocenters. The van der Waals surface area contributed by atoms with Gasteiger partial charge in [-0.05, 0) is 45.4 Å². The van der Waals surface area contributed by atoms with Crippen molar-refractivity contribution in [2.24, 2.45) is 0 Å². The topological polar surface area (TPSA) is 58.3 Å². The molecule has 5 rings (SSSR count). The van der Waals surface area contributed by atoms with Crippen LogP contribution in [-0.4, -0.2) is 45.2 Å². The summed E-state index contributed by atoms with van der Waals surface area (Å²) in [7, 11) is 0. The van der Waals surface area contributed by atoms with E-state index in [0.29, 0.717) is 12.1 Å². The van der Waals surface area contributed by atoms with Crippen molar-refractivity contribution in [1.82, 2.24) is 20.0 Å². The molecule has 0 unspecified atom stereocenters. The van der Waals surface area contributed by atoms with Gasteiger partial charge < -0.3 is 9.42 Å². The Morgan fingerprint density at radius 2 is 1.92 bits per heavy atom. The van der Waals surface area contributed by atoms with E-state index in [9.17, 15) is 0 Å². The first-order chi connectivity index (χ1) is 12.8. The molecule has 3 heterocycles. The van der Waals surface area contributed by atoms with Gasteiger partial charge in [0.25, 0.3) is 0 Å². The Hall–Kier alpha value is -1.95. The normalized spacial score (nSPS) is 21.1. The van der Waals surface area contributed by atoms with Crippen molar-refractivity contribution in [2.75, 3.05) is 18.0 Å². The van der Waals surface area contributed by atoms with Crippen molar-refractivity contribution in [3.63, 3.8) is 0 Å². The summed E-state index contributed by atoms with van der Waals surface area (Å²) in [6, 6.07) is 3.42. The highest BCUT2D eigenvalue weighted by Gasteiger charge is 2.36. The summed E-state index contributed by atoms with van der Waals surface area (Å²) >= 11 is 0. The van der Waals surface area contributed by atoms with E-state index >= 15 is 0 Å². The van der Waals surface area contributed by atoms with Crippen LogP contribution in [0.1, 0.15) is 54.8 Å². The Morgan fingerprint density at radius 1 is 1.12 bits per heavy atom. The predicted molar refractivity (Wildman–Crippen MR) is 99.1 cm³/mol. The van der Waals surface area contributed by atoms with Crippen LogP contribution in [0, 0.1) is 6.92 Å². The standard InChI is InChI=1S/C20H27N5O/c1-14-11-20(22-13-21-14)25(15-5-6-15)16-7-9-24(10-8-16)12-18-17-3-2-4-19(17)26-23-18/h11,13,15-16H,2-10,12H2,1H3. The summed E-state index contributed by atoms with van der Waals surface area (Å²) in [5.74, 6) is 2.25. The molecular formula is C20H27N5O. The predicted octanol–water partition coefficient (Wildman–Crippen LogP) is 2.90. The lowest BCUT2D eigenvalue weighted by atomic mass is 10.0. The number of rotatable bonds is 5. The molecule has 0 aromatic carbocycles. The van der Waals surface area contributed by atoms with Gasteiger partial charge in [-0.15, -0.1) is 0 Å². The molecular weight excluding hydrogens is 326 g/mol. The first kappa shape index (κ1) is 16.2. The molecule has 2 fully saturated rings. The van der Waals surface area contributed by atoms with Crippen molar-refractivity contribution in [1.29, 1.82) is 0 Å². The second-order valence-electron chi connectivity index (χ2n) is 8.05. The third kappa shape index (κ3) is 3.11. The lowest BCUT2D eigenvalue weighted by Gasteiger charge is -2.39. The van der Waals surface area contributed by atoms with E-state index in [1.165, 1.54) is 43.4 Å². The zero-order valence-electron chi connectivity index (χ0n) is 15.5. The third-order valence-corrected chi connectivity index (χ3v) is 6.10. The summed E-state index contributed by atoms with van der Waals surface area (Å²) in [6.07, 6.45) is 10.1. The quantitative estimate of drug-likeness (QED) is 0.824. The maximum Gasteiger partial charge on any atom is 0.140 e. The fourth-order valence-corrected chi connectivity index (χ4v) is 4.59. The van der Waals surface area contributed by atoms with Crippen molar-refractivity contribution < 1.29 is 4.52 Å². The number of nitrogens with zero attached hydrogens (tertiary/aromatic N) is 5. The lowest BCUT2D eigenvalue weighted by molar-refractivity contribution is 0.195. The molecule has 0 bridgehead atoms. The van der Waals surface area contributed by atoms with Gasteiger partial charge in [0.1, 0.15) is 23.6 Å². The Balaban J connectivity index is 1.24. The molecule has 26 heavy (non-hydrogen) atoms. The monoisotopic (exact) mass is 353 g/mol. The first-order valence-electron chi connectivity index (χ1n) is 10.0. The summed E-state index contributed by atoms with van der Waals surface area (Å²) in [6.45, 7) is 5.25. The number of hydrogen-bond acceptors (Lipinski definition) is 6. The molecule has 0 spiro atoms. The average molecular weight is 353 g/mol. The van der Waals surface area contributed by atoms with Gasteiger partial charge in [0.05, 0.1) is 0 Å². The van der Waals surface area contributed by atoms with Crippen LogP contribution < -0.4 is 4.90 Å². The summed E-state index contributed by atoms with van der Waals surface area (Å²) < 4.78 is 5.52. The zero-order chi connectivity index (χ0) is 17.5.